The molecule has 5 N–H and O–H groups in total. The molecule has 0 bridgehead atoms. The second-order valence-corrected chi connectivity index (χ2v) is 4.62. The number of para-hydroxylation sites is 1. The lowest BCUT2D eigenvalue weighted by molar-refractivity contribution is 0.283. The maximum Gasteiger partial charge on any atom is 0.239 e. The Labute approximate surface area is 118 Å². The zero-order valence-electron chi connectivity index (χ0n) is 11.5. The smallest absolute Gasteiger partial charge is 0.239 e. The molecule has 1 aromatic heterocycles. The molecule has 1 heterocycles. The van der Waals surface area contributed by atoms with Crippen molar-refractivity contribution >= 4 is 22.7 Å². The number of anilines is 2. The highest BCUT2D eigenvalue weighted by Gasteiger charge is 2.05. The third-order valence-corrected chi connectivity index (χ3v) is 3.11. The van der Waals surface area contributed by atoms with Gasteiger partial charge in [-0.2, -0.15) is 4.98 Å². The van der Waals surface area contributed by atoms with Gasteiger partial charge in [-0.1, -0.05) is 25.0 Å². The number of hydrazine groups is 1. The number of rotatable bonds is 8. The summed E-state index contributed by atoms with van der Waals surface area (Å²) in [5.41, 5.74) is 3.35. The van der Waals surface area contributed by atoms with E-state index >= 15 is 0 Å². The molecule has 6 nitrogen and oxygen atoms in total. The minimum atomic E-state index is 0.273. The fourth-order valence-electron chi connectivity index (χ4n) is 2.07. The molecule has 0 aliphatic rings. The van der Waals surface area contributed by atoms with Crippen LogP contribution in [0.2, 0.25) is 0 Å². The maximum absolute atomic E-state index is 8.73. The van der Waals surface area contributed by atoms with Gasteiger partial charge >= 0.3 is 0 Å². The molecule has 1 aromatic carbocycles. The third-order valence-electron chi connectivity index (χ3n) is 3.11. The molecular weight excluding hydrogens is 254 g/mol. The summed E-state index contributed by atoms with van der Waals surface area (Å²) in [6, 6.07) is 7.83. The van der Waals surface area contributed by atoms with Crippen LogP contribution in [-0.2, 0) is 0 Å². The van der Waals surface area contributed by atoms with E-state index in [1.165, 1.54) is 0 Å². The third kappa shape index (κ3) is 3.79. The number of unbranched alkanes of at least 4 members (excludes halogenated alkanes) is 3. The number of nitrogens with two attached hydrogens (primary N) is 1. The van der Waals surface area contributed by atoms with E-state index in [9.17, 15) is 0 Å². The first-order chi connectivity index (χ1) is 9.85. The molecule has 0 amide bonds. The highest BCUT2D eigenvalue weighted by atomic mass is 16.2. The molecule has 0 aliphatic heterocycles. The molecule has 108 valence electrons. The SMILES string of the molecule is NNc1nc(NCCCCCCO)c2ccccc2n1. The molecular formula is C14H21N5O. The molecule has 6 heteroatoms. The summed E-state index contributed by atoms with van der Waals surface area (Å²) in [6.07, 6.45) is 4.07. The van der Waals surface area contributed by atoms with Crippen LogP contribution in [0.15, 0.2) is 24.3 Å². The van der Waals surface area contributed by atoms with Gasteiger partial charge < -0.3 is 10.4 Å². The first kappa shape index (κ1) is 14.5. The van der Waals surface area contributed by atoms with Gasteiger partial charge in [0, 0.05) is 18.5 Å². The first-order valence-corrected chi connectivity index (χ1v) is 6.93. The highest BCUT2D eigenvalue weighted by molar-refractivity contribution is 5.89. The van der Waals surface area contributed by atoms with E-state index in [0.29, 0.717) is 5.95 Å². The highest BCUT2D eigenvalue weighted by Crippen LogP contribution is 2.21. The number of nitrogen functional groups attached to an aromatic ring is 1. The lowest BCUT2D eigenvalue weighted by Gasteiger charge is -2.10. The standard InChI is InChI=1S/C14H21N5O/c15-19-14-17-12-8-4-3-7-11(12)13(18-14)16-9-5-1-2-6-10-20/h3-4,7-8,20H,1-2,5-6,9-10,15H2,(H2,16,17,18,19). The Bertz CT molecular complexity index is 546. The average molecular weight is 275 g/mol. The summed E-state index contributed by atoms with van der Waals surface area (Å²) in [5, 5.41) is 13.0. The van der Waals surface area contributed by atoms with Crippen molar-refractivity contribution in [2.75, 3.05) is 23.9 Å². The first-order valence-electron chi connectivity index (χ1n) is 6.93. The molecule has 2 rings (SSSR count). The van der Waals surface area contributed by atoms with Crippen LogP contribution in [0.5, 0.6) is 0 Å². The number of aliphatic hydroxyl groups excluding tert-OH is 1. The molecule has 0 radical (unpaired) electrons. The van der Waals surface area contributed by atoms with Crippen molar-refractivity contribution in [2.45, 2.75) is 25.7 Å². The van der Waals surface area contributed by atoms with E-state index in [1.807, 2.05) is 24.3 Å². The Balaban J connectivity index is 2.01. The minimum Gasteiger partial charge on any atom is -0.396 e. The van der Waals surface area contributed by atoms with Gasteiger partial charge in [-0.05, 0) is 25.0 Å². The summed E-state index contributed by atoms with van der Waals surface area (Å²) in [7, 11) is 0. The number of nitrogens with one attached hydrogen (secondary N) is 2. The summed E-state index contributed by atoms with van der Waals surface area (Å²) < 4.78 is 0. The second-order valence-electron chi connectivity index (χ2n) is 4.62. The van der Waals surface area contributed by atoms with Gasteiger partial charge in [0.2, 0.25) is 5.95 Å². The number of aromatic nitrogens is 2. The van der Waals surface area contributed by atoms with Gasteiger partial charge in [-0.15, -0.1) is 0 Å². The van der Waals surface area contributed by atoms with Crippen molar-refractivity contribution in [3.8, 4) is 0 Å². The van der Waals surface area contributed by atoms with Crippen LogP contribution in [0.4, 0.5) is 11.8 Å². The quantitative estimate of drug-likeness (QED) is 0.334. The van der Waals surface area contributed by atoms with E-state index in [4.69, 9.17) is 10.9 Å². The van der Waals surface area contributed by atoms with Crippen molar-refractivity contribution in [1.29, 1.82) is 0 Å². The fourth-order valence-corrected chi connectivity index (χ4v) is 2.07. The Hall–Kier alpha value is -1.92. The Morgan fingerprint density at radius 2 is 1.85 bits per heavy atom. The predicted octanol–water partition coefficient (Wildman–Crippen LogP) is 1.88. The summed E-state index contributed by atoms with van der Waals surface area (Å²) in [6.45, 7) is 1.12. The van der Waals surface area contributed by atoms with Crippen LogP contribution in [-0.4, -0.2) is 28.2 Å². The van der Waals surface area contributed by atoms with Crippen molar-refractivity contribution in [3.63, 3.8) is 0 Å². The topological polar surface area (TPSA) is 96.1 Å². The maximum atomic E-state index is 8.73. The number of hydrogen-bond donors (Lipinski definition) is 4. The van der Waals surface area contributed by atoms with Gasteiger partial charge in [0.1, 0.15) is 5.82 Å². The van der Waals surface area contributed by atoms with Gasteiger partial charge in [-0.25, -0.2) is 10.8 Å². The van der Waals surface area contributed by atoms with Crippen molar-refractivity contribution in [1.82, 2.24) is 9.97 Å². The van der Waals surface area contributed by atoms with Crippen LogP contribution < -0.4 is 16.6 Å². The van der Waals surface area contributed by atoms with E-state index < -0.39 is 0 Å². The molecule has 0 aliphatic carbocycles. The van der Waals surface area contributed by atoms with Crippen LogP contribution in [0.1, 0.15) is 25.7 Å². The van der Waals surface area contributed by atoms with Gasteiger partial charge in [-0.3, -0.25) is 5.43 Å². The van der Waals surface area contributed by atoms with Crippen molar-refractivity contribution in [2.24, 2.45) is 5.84 Å². The summed E-state index contributed by atoms with van der Waals surface area (Å²) in [4.78, 5) is 8.66. The summed E-state index contributed by atoms with van der Waals surface area (Å²) in [5.74, 6) is 6.60. The van der Waals surface area contributed by atoms with E-state index in [-0.39, 0.29) is 6.61 Å². The van der Waals surface area contributed by atoms with Gasteiger partial charge in [0.05, 0.1) is 5.52 Å². The number of nitrogens with zero attached hydrogens (tertiary/aromatic N) is 2. The molecule has 20 heavy (non-hydrogen) atoms. The molecule has 0 saturated heterocycles. The fraction of sp³-hybridized carbons (Fsp3) is 0.429. The predicted molar refractivity (Wildman–Crippen MR) is 81.4 cm³/mol. The minimum absolute atomic E-state index is 0.273. The van der Waals surface area contributed by atoms with Crippen LogP contribution in [0.25, 0.3) is 10.9 Å². The number of benzene rings is 1. The summed E-state index contributed by atoms with van der Waals surface area (Å²) >= 11 is 0. The normalized spacial score (nSPS) is 10.7. The van der Waals surface area contributed by atoms with E-state index in [2.05, 4.69) is 20.7 Å². The lowest BCUT2D eigenvalue weighted by atomic mass is 10.2. The van der Waals surface area contributed by atoms with E-state index in [1.54, 1.807) is 0 Å². The van der Waals surface area contributed by atoms with Crippen LogP contribution in [0, 0.1) is 0 Å². The number of fused-ring (bicyclic) bond motifs is 1. The Kier molecular flexibility index (Phi) is 5.52. The zero-order chi connectivity index (χ0) is 14.2. The molecule has 0 atom stereocenters. The monoisotopic (exact) mass is 275 g/mol. The second kappa shape index (κ2) is 7.62. The molecule has 0 unspecified atom stereocenters. The number of hydrogen-bond acceptors (Lipinski definition) is 6. The molecule has 0 saturated carbocycles. The molecule has 0 spiro atoms. The zero-order valence-corrected chi connectivity index (χ0v) is 11.5. The van der Waals surface area contributed by atoms with Crippen LogP contribution >= 0.6 is 0 Å². The van der Waals surface area contributed by atoms with Gasteiger partial charge in [0.25, 0.3) is 0 Å². The van der Waals surface area contributed by atoms with Gasteiger partial charge in [0.15, 0.2) is 0 Å². The average Bonchev–Trinajstić information content (AvgIpc) is 2.50. The number of aliphatic hydroxyl groups is 1. The van der Waals surface area contributed by atoms with Crippen LogP contribution in [0.3, 0.4) is 0 Å². The van der Waals surface area contributed by atoms with Crippen molar-refractivity contribution in [3.05, 3.63) is 24.3 Å². The lowest BCUT2D eigenvalue weighted by Crippen LogP contribution is -2.13. The Morgan fingerprint density at radius 1 is 1.05 bits per heavy atom. The largest absolute Gasteiger partial charge is 0.396 e. The Morgan fingerprint density at radius 3 is 2.65 bits per heavy atom. The van der Waals surface area contributed by atoms with E-state index in [0.717, 1.165) is 48.9 Å². The molecule has 0 fully saturated rings. The molecule has 2 aromatic rings. The van der Waals surface area contributed by atoms with Crippen molar-refractivity contribution < 1.29 is 5.11 Å².